The molecule has 4 rings (SSSR count). The van der Waals surface area contributed by atoms with Crippen molar-refractivity contribution in [3.8, 4) is 11.4 Å². The third kappa shape index (κ3) is 7.70. The number of benzene rings is 2. The van der Waals surface area contributed by atoms with E-state index >= 15 is 0 Å². The summed E-state index contributed by atoms with van der Waals surface area (Å²) in [6, 6.07) is 11.1. The minimum atomic E-state index is -4.58. The molecular formula is C31H37F3N4O4. The first-order valence-electron chi connectivity index (χ1n) is 14.0. The van der Waals surface area contributed by atoms with Crippen LogP contribution in [-0.4, -0.2) is 44.5 Å². The van der Waals surface area contributed by atoms with Gasteiger partial charge in [-0.2, -0.15) is 18.2 Å². The van der Waals surface area contributed by atoms with Crippen LogP contribution in [0.2, 0.25) is 0 Å². The highest BCUT2D eigenvalue weighted by atomic mass is 19.4. The summed E-state index contributed by atoms with van der Waals surface area (Å²) in [7, 11) is 0. The molecule has 0 unspecified atom stereocenters. The van der Waals surface area contributed by atoms with E-state index in [2.05, 4.69) is 29.0 Å². The topological polar surface area (TPSA) is 101 Å². The summed E-state index contributed by atoms with van der Waals surface area (Å²) in [5, 5.41) is 17.1. The summed E-state index contributed by atoms with van der Waals surface area (Å²) in [5.41, 5.74) is 1.01. The lowest BCUT2D eigenvalue weighted by molar-refractivity contribution is -0.138. The van der Waals surface area contributed by atoms with Gasteiger partial charge in [0.2, 0.25) is 5.82 Å². The van der Waals surface area contributed by atoms with E-state index in [-0.39, 0.29) is 35.1 Å². The number of rotatable bonds is 9. The number of hydrogen-bond acceptors (Lipinski definition) is 7. The van der Waals surface area contributed by atoms with E-state index in [0.717, 1.165) is 24.5 Å². The Morgan fingerprint density at radius 2 is 1.79 bits per heavy atom. The summed E-state index contributed by atoms with van der Waals surface area (Å²) >= 11 is 0. The maximum absolute atomic E-state index is 14.1. The molecule has 2 atom stereocenters. The fraction of sp³-hybridized carbons (Fsp3) is 0.452. The fourth-order valence-electron chi connectivity index (χ4n) is 4.98. The number of nitrogens with one attached hydrogen (secondary N) is 1. The first kappa shape index (κ1) is 31.1. The van der Waals surface area contributed by atoms with Crippen LogP contribution in [-0.2, 0) is 30.2 Å². The van der Waals surface area contributed by atoms with Gasteiger partial charge in [-0.25, -0.2) is 4.79 Å². The first-order valence-corrected chi connectivity index (χ1v) is 14.0. The molecule has 1 aliphatic rings. The predicted octanol–water partition coefficient (Wildman–Crippen LogP) is 6.60. The second-order valence-electron chi connectivity index (χ2n) is 11.5. The van der Waals surface area contributed by atoms with Crippen LogP contribution in [0.5, 0.6) is 0 Å². The van der Waals surface area contributed by atoms with Gasteiger partial charge >= 0.3 is 12.3 Å². The molecule has 226 valence electrons. The summed E-state index contributed by atoms with van der Waals surface area (Å²) < 4.78 is 53.0. The quantitative estimate of drug-likeness (QED) is 0.292. The highest BCUT2D eigenvalue weighted by molar-refractivity contribution is 5.69. The van der Waals surface area contributed by atoms with E-state index in [9.17, 15) is 23.1 Å². The lowest BCUT2D eigenvalue weighted by Crippen LogP contribution is -2.38. The van der Waals surface area contributed by atoms with Crippen LogP contribution in [0.1, 0.15) is 74.7 Å². The second kappa shape index (κ2) is 12.6. The predicted molar refractivity (Wildman–Crippen MR) is 151 cm³/mol. The minimum absolute atomic E-state index is 0.00806. The van der Waals surface area contributed by atoms with E-state index < -0.39 is 35.6 Å². The van der Waals surface area contributed by atoms with Crippen molar-refractivity contribution < 1.29 is 32.3 Å². The molecule has 1 aliphatic heterocycles. The van der Waals surface area contributed by atoms with Crippen molar-refractivity contribution in [1.82, 2.24) is 20.4 Å². The number of nitrogens with zero attached hydrogens (tertiary/aromatic N) is 3. The Hall–Kier alpha value is -3.86. The molecule has 2 aromatic carbocycles. The van der Waals surface area contributed by atoms with Gasteiger partial charge < -0.3 is 19.3 Å². The Bertz CT molecular complexity index is 1400. The number of alkyl halides is 3. The number of halogens is 3. The van der Waals surface area contributed by atoms with Gasteiger partial charge in [-0.15, -0.1) is 0 Å². The summed E-state index contributed by atoms with van der Waals surface area (Å²) in [6.45, 7) is 11.5. The van der Waals surface area contributed by atoms with Gasteiger partial charge in [0.15, 0.2) is 0 Å². The highest BCUT2D eigenvalue weighted by Crippen LogP contribution is 2.37. The number of likely N-dealkylation sites (tertiary alicyclic amines) is 1. The third-order valence-electron chi connectivity index (χ3n) is 6.97. The Labute approximate surface area is 243 Å². The first-order chi connectivity index (χ1) is 19.7. The molecule has 1 amide bonds. The Balaban J connectivity index is 1.51. The number of aliphatic hydroxyl groups excluding tert-OH is 1. The summed E-state index contributed by atoms with van der Waals surface area (Å²) in [6.07, 6.45) is -3.21. The van der Waals surface area contributed by atoms with Gasteiger partial charge in [-0.05, 0) is 69.2 Å². The zero-order chi connectivity index (χ0) is 30.7. The van der Waals surface area contributed by atoms with Crippen molar-refractivity contribution in [3.05, 3.63) is 83.0 Å². The SMILES string of the molecule is C=C(NC(=O)OC(C)(C)C)N1CC[C@H](O)[C@H]1c1nc(-c2ccc(CCc3ccc(CCC)cc3)c(C(F)(F)F)c2)no1. The molecule has 2 heterocycles. The number of ether oxygens (including phenoxy) is 1. The van der Waals surface area contributed by atoms with Crippen molar-refractivity contribution in [2.24, 2.45) is 0 Å². The fourth-order valence-corrected chi connectivity index (χ4v) is 4.98. The highest BCUT2D eigenvalue weighted by Gasteiger charge is 2.40. The zero-order valence-corrected chi connectivity index (χ0v) is 24.3. The zero-order valence-electron chi connectivity index (χ0n) is 24.3. The van der Waals surface area contributed by atoms with Crippen LogP contribution < -0.4 is 5.32 Å². The number of carbonyl (C=O) groups is 1. The molecule has 1 aromatic heterocycles. The molecule has 42 heavy (non-hydrogen) atoms. The summed E-state index contributed by atoms with van der Waals surface area (Å²) in [4.78, 5) is 18.1. The van der Waals surface area contributed by atoms with E-state index in [0.29, 0.717) is 19.4 Å². The van der Waals surface area contributed by atoms with Gasteiger partial charge in [0, 0.05) is 12.1 Å². The number of amides is 1. The number of aromatic nitrogens is 2. The second-order valence-corrected chi connectivity index (χ2v) is 11.5. The number of aryl methyl sites for hydroxylation is 3. The van der Waals surface area contributed by atoms with Crippen molar-refractivity contribution in [1.29, 1.82) is 0 Å². The lowest BCUT2D eigenvalue weighted by Gasteiger charge is -2.28. The monoisotopic (exact) mass is 586 g/mol. The third-order valence-corrected chi connectivity index (χ3v) is 6.97. The van der Waals surface area contributed by atoms with Gasteiger partial charge in [-0.3, -0.25) is 5.32 Å². The minimum Gasteiger partial charge on any atom is -0.444 e. The maximum Gasteiger partial charge on any atom is 0.416 e. The molecule has 0 radical (unpaired) electrons. The molecule has 0 spiro atoms. The van der Waals surface area contributed by atoms with Gasteiger partial charge in [0.1, 0.15) is 17.5 Å². The molecule has 0 aliphatic carbocycles. The molecule has 0 saturated carbocycles. The van der Waals surface area contributed by atoms with E-state index in [4.69, 9.17) is 9.26 Å². The lowest BCUT2D eigenvalue weighted by atomic mass is 9.96. The average molecular weight is 587 g/mol. The van der Waals surface area contributed by atoms with Crippen LogP contribution in [0.3, 0.4) is 0 Å². The van der Waals surface area contributed by atoms with Crippen LogP contribution in [0.25, 0.3) is 11.4 Å². The molecule has 2 N–H and O–H groups in total. The molecular weight excluding hydrogens is 549 g/mol. The molecule has 8 nitrogen and oxygen atoms in total. The molecule has 1 saturated heterocycles. The number of alkyl carbamates (subject to hydrolysis) is 1. The molecule has 0 bridgehead atoms. The number of hydrogen-bond donors (Lipinski definition) is 2. The van der Waals surface area contributed by atoms with Crippen LogP contribution in [0.15, 0.2) is 59.4 Å². The summed E-state index contributed by atoms with van der Waals surface area (Å²) in [5.74, 6) is 0.110. The Morgan fingerprint density at radius 1 is 1.12 bits per heavy atom. The smallest absolute Gasteiger partial charge is 0.416 e. The number of carbonyl (C=O) groups excluding carboxylic acids is 1. The van der Waals surface area contributed by atoms with E-state index in [1.54, 1.807) is 25.7 Å². The van der Waals surface area contributed by atoms with Crippen LogP contribution in [0.4, 0.5) is 18.0 Å². The van der Waals surface area contributed by atoms with Crippen molar-refractivity contribution in [2.45, 2.75) is 83.7 Å². The Kier molecular flexibility index (Phi) is 9.30. The van der Waals surface area contributed by atoms with Gasteiger partial charge in [0.25, 0.3) is 5.89 Å². The van der Waals surface area contributed by atoms with E-state index in [1.807, 2.05) is 24.3 Å². The van der Waals surface area contributed by atoms with Crippen molar-refractivity contribution in [3.63, 3.8) is 0 Å². The van der Waals surface area contributed by atoms with Crippen LogP contribution >= 0.6 is 0 Å². The molecule has 3 aromatic rings. The van der Waals surface area contributed by atoms with E-state index in [1.165, 1.54) is 17.7 Å². The van der Waals surface area contributed by atoms with Crippen molar-refractivity contribution >= 4 is 6.09 Å². The largest absolute Gasteiger partial charge is 0.444 e. The molecule has 11 heteroatoms. The van der Waals surface area contributed by atoms with Gasteiger partial charge in [-0.1, -0.05) is 61.5 Å². The molecule has 1 fully saturated rings. The maximum atomic E-state index is 14.1. The number of aliphatic hydroxyl groups is 1. The standard InChI is InChI=1S/C31H37F3N4O4/c1-6-7-20-8-10-21(11-9-20)12-13-22-14-15-23(18-24(22)31(32,33)34)27-36-28(42-37-27)26-25(39)16-17-38(26)19(2)35-29(40)41-30(3,4)5/h8-11,14-15,18,25-26,39H,2,6-7,12-13,16-17H2,1,3-5H3,(H,35,40)/t25-,26-/m0/s1. The van der Waals surface area contributed by atoms with Crippen molar-refractivity contribution in [2.75, 3.05) is 6.54 Å². The Morgan fingerprint density at radius 3 is 2.40 bits per heavy atom. The average Bonchev–Trinajstić information content (AvgIpc) is 3.53. The van der Waals surface area contributed by atoms with Crippen LogP contribution in [0, 0.1) is 0 Å². The van der Waals surface area contributed by atoms with Gasteiger partial charge in [0.05, 0.1) is 11.7 Å². The normalized spacial score (nSPS) is 17.4.